The first-order valence-electron chi connectivity index (χ1n) is 16.7. The van der Waals surface area contributed by atoms with Gasteiger partial charge in [0.2, 0.25) is 5.69 Å². The van der Waals surface area contributed by atoms with Gasteiger partial charge in [0, 0.05) is 65.2 Å². The van der Waals surface area contributed by atoms with E-state index in [0.717, 1.165) is 46.8 Å². The summed E-state index contributed by atoms with van der Waals surface area (Å²) in [7, 11) is -4.39. The van der Waals surface area contributed by atoms with Crippen LogP contribution in [0.5, 0.6) is 0 Å². The number of benzene rings is 3. The number of hydrogen-bond acceptors (Lipinski definition) is 6. The van der Waals surface area contributed by atoms with E-state index in [1.54, 1.807) is 18.2 Å². The number of non-ortho nitro benzene ring substituents is 1. The predicted octanol–water partition coefficient (Wildman–Crippen LogP) is 8.17. The molecule has 0 spiro atoms. The van der Waals surface area contributed by atoms with Crippen LogP contribution in [0.25, 0.3) is 0 Å². The molecule has 2 aliphatic heterocycles. The van der Waals surface area contributed by atoms with E-state index in [1.807, 2.05) is 38.2 Å². The van der Waals surface area contributed by atoms with Crippen LogP contribution in [0.2, 0.25) is 0 Å². The zero-order valence-corrected chi connectivity index (χ0v) is 29.9. The average molecular weight is 699 g/mol. The SMILES string of the molecule is Cc1ccc2c(c1)C(C)(C)C(/C=C/C=C/C=C1/N(CCCCCC(=O)O)c3ccc(S(=O)(=O)O)cc3C1(C)C)=[N+]2Cc1ccc([N+](=O)[O-])cc1. The number of hydrogen-bond donors (Lipinski definition) is 2. The van der Waals surface area contributed by atoms with E-state index >= 15 is 0 Å². The monoisotopic (exact) mass is 698 g/mol. The van der Waals surface area contributed by atoms with Gasteiger partial charge in [0.25, 0.3) is 15.8 Å². The number of unbranched alkanes of at least 4 members (excludes halogenated alkanes) is 2. The first-order valence-corrected chi connectivity index (χ1v) is 18.1. The van der Waals surface area contributed by atoms with Crippen molar-refractivity contribution in [2.75, 3.05) is 11.4 Å². The molecule has 0 bridgehead atoms. The number of allylic oxidation sites excluding steroid dienone is 6. The van der Waals surface area contributed by atoms with Crippen molar-refractivity contribution in [1.29, 1.82) is 0 Å². The highest BCUT2D eigenvalue weighted by atomic mass is 32.2. The second-order valence-corrected chi connectivity index (χ2v) is 15.4. The summed E-state index contributed by atoms with van der Waals surface area (Å²) in [4.78, 5) is 23.8. The molecule has 0 saturated carbocycles. The van der Waals surface area contributed by atoms with Gasteiger partial charge in [0.1, 0.15) is 0 Å². The maximum atomic E-state index is 12.0. The highest BCUT2D eigenvalue weighted by molar-refractivity contribution is 7.85. The molecular formula is C39H44N3O7S+. The van der Waals surface area contributed by atoms with Crippen LogP contribution < -0.4 is 4.90 Å². The highest BCUT2D eigenvalue weighted by Gasteiger charge is 2.44. The summed E-state index contributed by atoms with van der Waals surface area (Å²) in [6.45, 7) is 11.7. The van der Waals surface area contributed by atoms with Crippen LogP contribution in [0, 0.1) is 17.0 Å². The summed E-state index contributed by atoms with van der Waals surface area (Å²) in [6, 6.07) is 17.7. The molecule has 262 valence electrons. The molecule has 2 heterocycles. The predicted molar refractivity (Wildman–Crippen MR) is 195 cm³/mol. The van der Waals surface area contributed by atoms with Crippen LogP contribution >= 0.6 is 0 Å². The second-order valence-electron chi connectivity index (χ2n) is 14.0. The topological polar surface area (TPSA) is 141 Å². The van der Waals surface area contributed by atoms with Crippen LogP contribution in [-0.4, -0.2) is 45.8 Å². The van der Waals surface area contributed by atoms with Crippen molar-refractivity contribution in [2.24, 2.45) is 0 Å². The van der Waals surface area contributed by atoms with Gasteiger partial charge in [-0.05, 0) is 81.7 Å². The molecule has 0 aromatic heterocycles. The molecule has 0 unspecified atom stereocenters. The molecular weight excluding hydrogens is 655 g/mol. The summed E-state index contributed by atoms with van der Waals surface area (Å²) in [5.41, 5.74) is 7.28. The molecule has 0 atom stereocenters. The first kappa shape index (κ1) is 36.4. The fraction of sp³-hybridized carbons (Fsp3) is 0.333. The standard InChI is InChI=1S/C39H43N3O7S/c1-27-15-21-34-31(24-27)38(2,3)36(41(34)26-28-16-18-29(19-17-28)42(45)46)13-9-6-8-12-35-39(4,5)32-25-30(50(47,48)49)20-22-33(32)40(35)23-11-7-10-14-37(43)44/h6,8-9,12-13,15-22,24-25H,7,10-11,14,23,26H2,1-5H3,(H-,43,44,47,48,49)/p+1. The molecule has 11 heteroatoms. The third-order valence-electron chi connectivity index (χ3n) is 9.70. The number of rotatable bonds is 13. The lowest BCUT2D eigenvalue weighted by atomic mass is 9.81. The average Bonchev–Trinajstić information content (AvgIpc) is 3.38. The Labute approximate surface area is 293 Å². The molecule has 0 aliphatic carbocycles. The Kier molecular flexibility index (Phi) is 10.3. The number of nitrogens with zero attached hydrogens (tertiary/aromatic N) is 3. The zero-order chi connectivity index (χ0) is 36.4. The highest BCUT2D eigenvalue weighted by Crippen LogP contribution is 2.48. The molecule has 0 radical (unpaired) electrons. The Bertz CT molecular complexity index is 2060. The van der Waals surface area contributed by atoms with E-state index in [-0.39, 0.29) is 22.4 Å². The van der Waals surface area contributed by atoms with Gasteiger partial charge in [0.15, 0.2) is 12.3 Å². The smallest absolute Gasteiger partial charge is 0.303 e. The molecule has 0 fully saturated rings. The number of fused-ring (bicyclic) bond motifs is 2. The number of anilines is 1. The number of carbonyl (C=O) groups is 1. The maximum absolute atomic E-state index is 12.0. The summed E-state index contributed by atoms with van der Waals surface area (Å²) in [5.74, 6) is -0.818. The third-order valence-corrected chi connectivity index (χ3v) is 10.5. The van der Waals surface area contributed by atoms with Crippen LogP contribution in [-0.2, 0) is 32.3 Å². The lowest BCUT2D eigenvalue weighted by molar-refractivity contribution is -0.455. The van der Waals surface area contributed by atoms with Crippen molar-refractivity contribution in [2.45, 2.75) is 82.6 Å². The lowest BCUT2D eigenvalue weighted by Gasteiger charge is -2.27. The first-order chi connectivity index (χ1) is 23.5. The minimum absolute atomic E-state index is 0.0547. The van der Waals surface area contributed by atoms with Crippen molar-refractivity contribution in [3.05, 3.63) is 129 Å². The normalized spacial score (nSPS) is 17.2. The summed E-state index contributed by atoms with van der Waals surface area (Å²) in [5, 5.41) is 20.2. The number of carboxylic acids is 1. The van der Waals surface area contributed by atoms with Crippen molar-refractivity contribution in [3.63, 3.8) is 0 Å². The van der Waals surface area contributed by atoms with Gasteiger partial charge in [-0.2, -0.15) is 13.0 Å². The van der Waals surface area contributed by atoms with E-state index < -0.39 is 26.4 Å². The number of carboxylic acid groups (broad SMARTS) is 1. The molecule has 2 N–H and O–H groups in total. The largest absolute Gasteiger partial charge is 0.481 e. The van der Waals surface area contributed by atoms with E-state index in [9.17, 15) is 27.9 Å². The molecule has 5 rings (SSSR count). The van der Waals surface area contributed by atoms with Crippen LogP contribution in [0.4, 0.5) is 17.1 Å². The van der Waals surface area contributed by atoms with E-state index in [0.29, 0.717) is 19.5 Å². The van der Waals surface area contributed by atoms with E-state index in [4.69, 9.17) is 5.11 Å². The van der Waals surface area contributed by atoms with Crippen molar-refractivity contribution in [1.82, 2.24) is 0 Å². The van der Waals surface area contributed by atoms with Crippen LogP contribution in [0.1, 0.15) is 75.6 Å². The molecule has 2 aliphatic rings. The molecule has 50 heavy (non-hydrogen) atoms. The van der Waals surface area contributed by atoms with Gasteiger partial charge in [-0.25, -0.2) is 0 Å². The fourth-order valence-corrected chi connectivity index (χ4v) is 7.51. The lowest BCUT2D eigenvalue weighted by Crippen LogP contribution is -2.27. The second kappa shape index (κ2) is 14.2. The summed E-state index contributed by atoms with van der Waals surface area (Å²) < 4.78 is 36.0. The number of nitro benzene ring substituents is 1. The molecule has 0 saturated heterocycles. The molecule has 0 amide bonds. The quantitative estimate of drug-likeness (QED) is 0.0455. The maximum Gasteiger partial charge on any atom is 0.303 e. The van der Waals surface area contributed by atoms with Gasteiger partial charge in [-0.15, -0.1) is 0 Å². The van der Waals surface area contributed by atoms with E-state index in [1.165, 1.54) is 35.4 Å². The molecule has 10 nitrogen and oxygen atoms in total. The van der Waals surface area contributed by atoms with Crippen LogP contribution in [0.3, 0.4) is 0 Å². The number of nitro groups is 1. The third kappa shape index (κ3) is 7.49. The Morgan fingerprint density at radius 3 is 2.30 bits per heavy atom. The number of aliphatic carboxylic acids is 1. The fourth-order valence-electron chi connectivity index (χ4n) is 7.00. The minimum Gasteiger partial charge on any atom is -0.481 e. The Morgan fingerprint density at radius 2 is 1.64 bits per heavy atom. The Hall–Kier alpha value is -4.87. The van der Waals surface area contributed by atoms with Crippen LogP contribution in [0.15, 0.2) is 102 Å². The van der Waals surface area contributed by atoms with Gasteiger partial charge in [-0.3, -0.25) is 19.5 Å². The van der Waals surface area contributed by atoms with Crippen molar-refractivity contribution in [3.8, 4) is 0 Å². The summed E-state index contributed by atoms with van der Waals surface area (Å²) in [6.07, 6.45) is 12.2. The minimum atomic E-state index is -4.39. The van der Waals surface area contributed by atoms with Crippen molar-refractivity contribution < 1.29 is 32.4 Å². The molecule has 3 aromatic carbocycles. The number of aryl methyl sites for hydroxylation is 1. The summed E-state index contributed by atoms with van der Waals surface area (Å²) >= 11 is 0. The van der Waals surface area contributed by atoms with Crippen molar-refractivity contribution >= 4 is 38.9 Å². The van der Waals surface area contributed by atoms with Gasteiger partial charge in [-0.1, -0.05) is 50.1 Å². The van der Waals surface area contributed by atoms with Gasteiger partial charge < -0.3 is 10.0 Å². The Morgan fingerprint density at radius 1 is 0.920 bits per heavy atom. The zero-order valence-electron chi connectivity index (χ0n) is 29.1. The van der Waals surface area contributed by atoms with Gasteiger partial charge in [0.05, 0.1) is 15.2 Å². The van der Waals surface area contributed by atoms with Gasteiger partial charge >= 0.3 is 5.97 Å². The van der Waals surface area contributed by atoms with E-state index in [2.05, 4.69) is 54.5 Å². The Balaban J connectivity index is 1.46. The molecule has 3 aromatic rings.